The van der Waals surface area contributed by atoms with Gasteiger partial charge < -0.3 is 9.50 Å². The number of amides is 1. The molecule has 0 aliphatic heterocycles. The largest absolute Gasteiger partial charge is 0.378 e. The molecule has 34 heavy (non-hydrogen) atoms. The molecule has 0 saturated carbocycles. The standard InChI is InChI=1S/C27H20N2O4S/c1-19-8-2-6-12-25(19)29-27(30)23(18-28)16-22-11-5-7-13-26(22)33-34(31,32)24-15-14-20-9-3-4-10-21(20)17-24/h2-17H,1H3,(H,29,30)/b23-16+. The molecule has 6 nitrogen and oxygen atoms in total. The van der Waals surface area contributed by atoms with E-state index in [4.69, 9.17) is 4.18 Å². The summed E-state index contributed by atoms with van der Waals surface area (Å²) in [6.45, 7) is 1.84. The second-order valence-electron chi connectivity index (χ2n) is 7.52. The first-order valence-corrected chi connectivity index (χ1v) is 11.8. The minimum absolute atomic E-state index is 0.00258. The topological polar surface area (TPSA) is 96.3 Å². The van der Waals surface area contributed by atoms with E-state index in [1.165, 1.54) is 18.2 Å². The van der Waals surface area contributed by atoms with E-state index in [1.54, 1.807) is 42.5 Å². The molecule has 1 N–H and O–H groups in total. The Hall–Kier alpha value is -4.41. The normalized spacial score (nSPS) is 11.6. The van der Waals surface area contributed by atoms with Crippen molar-refractivity contribution in [2.75, 3.05) is 5.32 Å². The Morgan fingerprint density at radius 1 is 0.912 bits per heavy atom. The zero-order valence-electron chi connectivity index (χ0n) is 18.2. The van der Waals surface area contributed by atoms with Gasteiger partial charge in [0.1, 0.15) is 22.3 Å². The fraction of sp³-hybridized carbons (Fsp3) is 0.0370. The molecule has 0 fully saturated rings. The van der Waals surface area contributed by atoms with Crippen molar-refractivity contribution in [2.45, 2.75) is 11.8 Å². The van der Waals surface area contributed by atoms with Gasteiger partial charge in [-0.2, -0.15) is 13.7 Å². The van der Waals surface area contributed by atoms with Crippen LogP contribution in [0.1, 0.15) is 11.1 Å². The molecule has 0 bridgehead atoms. The van der Waals surface area contributed by atoms with E-state index in [-0.39, 0.29) is 21.8 Å². The molecule has 0 heterocycles. The van der Waals surface area contributed by atoms with Crippen molar-refractivity contribution in [2.24, 2.45) is 0 Å². The van der Waals surface area contributed by atoms with Crippen LogP contribution in [0.2, 0.25) is 0 Å². The van der Waals surface area contributed by atoms with Gasteiger partial charge in [-0.3, -0.25) is 4.79 Å². The van der Waals surface area contributed by atoms with Gasteiger partial charge in [0.25, 0.3) is 5.91 Å². The predicted molar refractivity (Wildman–Crippen MR) is 132 cm³/mol. The van der Waals surface area contributed by atoms with Crippen LogP contribution in [0.15, 0.2) is 101 Å². The lowest BCUT2D eigenvalue weighted by atomic mass is 10.1. The molecule has 0 atom stereocenters. The number of fused-ring (bicyclic) bond motifs is 1. The molecule has 0 aliphatic rings. The molecule has 0 aliphatic carbocycles. The van der Waals surface area contributed by atoms with Crippen LogP contribution in [0.3, 0.4) is 0 Å². The molecule has 0 radical (unpaired) electrons. The molecule has 7 heteroatoms. The third-order valence-corrected chi connectivity index (χ3v) is 6.42. The third-order valence-electron chi connectivity index (χ3n) is 5.19. The lowest BCUT2D eigenvalue weighted by molar-refractivity contribution is -0.112. The van der Waals surface area contributed by atoms with Crippen molar-refractivity contribution in [3.63, 3.8) is 0 Å². The van der Waals surface area contributed by atoms with Crippen LogP contribution in [0.4, 0.5) is 5.69 Å². The highest BCUT2D eigenvalue weighted by atomic mass is 32.2. The van der Waals surface area contributed by atoms with Gasteiger partial charge in [-0.1, -0.05) is 66.7 Å². The van der Waals surface area contributed by atoms with Crippen molar-refractivity contribution in [1.29, 1.82) is 5.26 Å². The zero-order chi connectivity index (χ0) is 24.1. The smallest absolute Gasteiger partial charge is 0.339 e. The van der Waals surface area contributed by atoms with E-state index >= 15 is 0 Å². The minimum atomic E-state index is -4.16. The summed E-state index contributed by atoms with van der Waals surface area (Å²) < 4.78 is 31.4. The average Bonchev–Trinajstić information content (AvgIpc) is 2.84. The van der Waals surface area contributed by atoms with E-state index in [0.717, 1.165) is 16.3 Å². The van der Waals surface area contributed by atoms with Gasteiger partial charge in [-0.15, -0.1) is 0 Å². The van der Waals surface area contributed by atoms with Crippen LogP contribution < -0.4 is 9.50 Å². The Labute approximate surface area is 197 Å². The van der Waals surface area contributed by atoms with Gasteiger partial charge in [0, 0.05) is 11.3 Å². The first-order chi connectivity index (χ1) is 16.4. The summed E-state index contributed by atoms with van der Waals surface area (Å²) in [5.41, 5.74) is 1.51. The van der Waals surface area contributed by atoms with Gasteiger partial charge in [-0.25, -0.2) is 0 Å². The Balaban J connectivity index is 1.64. The number of anilines is 1. The first-order valence-electron chi connectivity index (χ1n) is 10.4. The van der Waals surface area contributed by atoms with Gasteiger partial charge in [-0.05, 0) is 53.6 Å². The number of nitrogens with zero attached hydrogens (tertiary/aromatic N) is 1. The van der Waals surface area contributed by atoms with Gasteiger partial charge in [0.15, 0.2) is 0 Å². The maximum Gasteiger partial charge on any atom is 0.339 e. The van der Waals surface area contributed by atoms with Crippen LogP contribution in [0, 0.1) is 18.3 Å². The number of benzene rings is 4. The van der Waals surface area contributed by atoms with E-state index in [9.17, 15) is 18.5 Å². The monoisotopic (exact) mass is 468 g/mol. The van der Waals surface area contributed by atoms with Crippen molar-refractivity contribution >= 4 is 38.6 Å². The highest BCUT2D eigenvalue weighted by molar-refractivity contribution is 7.87. The number of hydrogen-bond acceptors (Lipinski definition) is 5. The predicted octanol–water partition coefficient (Wildman–Crippen LogP) is 5.46. The maximum absolute atomic E-state index is 13.0. The van der Waals surface area contributed by atoms with E-state index in [2.05, 4.69) is 5.32 Å². The summed E-state index contributed by atoms with van der Waals surface area (Å²) in [6.07, 6.45) is 1.30. The summed E-state index contributed by atoms with van der Waals surface area (Å²) in [5.74, 6) is -0.601. The SMILES string of the molecule is Cc1ccccc1NC(=O)/C(C#N)=C/c1ccccc1OS(=O)(=O)c1ccc2ccccc2c1. The average molecular weight is 469 g/mol. The van der Waals surface area contributed by atoms with Crippen LogP contribution in [-0.2, 0) is 14.9 Å². The zero-order valence-corrected chi connectivity index (χ0v) is 19.0. The van der Waals surface area contributed by atoms with E-state index < -0.39 is 16.0 Å². The van der Waals surface area contributed by atoms with Gasteiger partial charge >= 0.3 is 10.1 Å². The molecule has 1 amide bonds. The second kappa shape index (κ2) is 9.61. The maximum atomic E-state index is 13.0. The third kappa shape index (κ3) is 4.98. The summed E-state index contributed by atoms with van der Waals surface area (Å²) in [5, 5.41) is 13.9. The van der Waals surface area contributed by atoms with Gasteiger partial charge in [0.2, 0.25) is 0 Å². The number of carbonyl (C=O) groups is 1. The molecule has 4 aromatic carbocycles. The van der Waals surface area contributed by atoms with Crippen LogP contribution in [0.25, 0.3) is 16.8 Å². The van der Waals surface area contributed by atoms with Crippen molar-refractivity contribution in [3.8, 4) is 11.8 Å². The molecule has 168 valence electrons. The Bertz CT molecular complexity index is 1570. The lowest BCUT2D eigenvalue weighted by Crippen LogP contribution is -2.14. The molecule has 0 spiro atoms. The number of aryl methyl sites for hydroxylation is 1. The number of para-hydroxylation sites is 2. The highest BCUT2D eigenvalue weighted by Gasteiger charge is 2.19. The fourth-order valence-electron chi connectivity index (χ4n) is 3.37. The molecular weight excluding hydrogens is 448 g/mol. The van der Waals surface area contributed by atoms with Crippen LogP contribution in [0.5, 0.6) is 5.75 Å². The van der Waals surface area contributed by atoms with Crippen LogP contribution in [-0.4, -0.2) is 14.3 Å². The number of hydrogen-bond donors (Lipinski definition) is 1. The van der Waals surface area contributed by atoms with Crippen molar-refractivity contribution in [1.82, 2.24) is 0 Å². The minimum Gasteiger partial charge on any atom is -0.378 e. The summed E-state index contributed by atoms with van der Waals surface area (Å²) in [4.78, 5) is 12.7. The molecule has 0 aromatic heterocycles. The molecule has 0 unspecified atom stereocenters. The van der Waals surface area contributed by atoms with Crippen LogP contribution >= 0.6 is 0 Å². The molecule has 4 aromatic rings. The summed E-state index contributed by atoms with van der Waals surface area (Å²) in [6, 6.07) is 27.5. The number of nitrogens with one attached hydrogen (secondary N) is 1. The first kappa shape index (κ1) is 22.8. The van der Waals surface area contributed by atoms with Gasteiger partial charge in [0.05, 0.1) is 0 Å². The number of nitriles is 1. The quantitative estimate of drug-likeness (QED) is 0.230. The molecule has 0 saturated heterocycles. The summed E-state index contributed by atoms with van der Waals surface area (Å²) in [7, 11) is -4.16. The Morgan fingerprint density at radius 3 is 2.35 bits per heavy atom. The fourth-order valence-corrected chi connectivity index (χ4v) is 4.36. The highest BCUT2D eigenvalue weighted by Crippen LogP contribution is 2.27. The van der Waals surface area contributed by atoms with Crippen molar-refractivity contribution < 1.29 is 17.4 Å². The second-order valence-corrected chi connectivity index (χ2v) is 9.07. The number of rotatable bonds is 6. The molecule has 4 rings (SSSR count). The Morgan fingerprint density at radius 2 is 1.59 bits per heavy atom. The molecular formula is C27H20N2O4S. The summed E-state index contributed by atoms with van der Waals surface area (Å²) >= 11 is 0. The van der Waals surface area contributed by atoms with E-state index in [1.807, 2.05) is 49.4 Å². The number of carbonyl (C=O) groups excluding carboxylic acids is 1. The van der Waals surface area contributed by atoms with Crippen molar-refractivity contribution in [3.05, 3.63) is 108 Å². The van der Waals surface area contributed by atoms with E-state index in [0.29, 0.717) is 5.69 Å². The lowest BCUT2D eigenvalue weighted by Gasteiger charge is -2.11. The Kier molecular flexibility index (Phi) is 6.44.